The molecule has 0 bridgehead atoms. The van der Waals surface area contributed by atoms with E-state index in [1.165, 1.54) is 7.05 Å². The molecule has 0 aromatic heterocycles. The van der Waals surface area contributed by atoms with E-state index in [4.69, 9.17) is 0 Å². The Morgan fingerprint density at radius 2 is 2.06 bits per heavy atom. The lowest BCUT2D eigenvalue weighted by molar-refractivity contribution is -0.198. The normalized spacial score (nSPS) is 19.0. The van der Waals surface area contributed by atoms with Crippen molar-refractivity contribution >= 4 is 23.7 Å². The van der Waals surface area contributed by atoms with Gasteiger partial charge in [-0.1, -0.05) is 6.92 Å². The maximum atomic E-state index is 11.4. The molecule has 0 saturated carbocycles. The third-order valence-electron chi connectivity index (χ3n) is 2.59. The van der Waals surface area contributed by atoms with Crippen molar-refractivity contribution in [1.29, 1.82) is 0 Å². The molecule has 1 heterocycles. The molecular weight excluding hydrogens is 240 g/mol. The first-order valence-electron chi connectivity index (χ1n) is 5.74. The van der Waals surface area contributed by atoms with Crippen molar-refractivity contribution in [1.82, 2.24) is 10.4 Å². The molecule has 0 radical (unpaired) electrons. The molecule has 1 unspecified atom stereocenters. The third kappa shape index (κ3) is 3.54. The summed E-state index contributed by atoms with van der Waals surface area (Å²) in [6, 6.07) is 0. The molecule has 0 aromatic rings. The van der Waals surface area contributed by atoms with Crippen LogP contribution in [0.15, 0.2) is 0 Å². The zero-order valence-corrected chi connectivity index (χ0v) is 10.4. The fraction of sp³-hybridized carbons (Fsp3) is 0.636. The van der Waals surface area contributed by atoms with Gasteiger partial charge in [-0.3, -0.25) is 14.4 Å². The van der Waals surface area contributed by atoms with Gasteiger partial charge < -0.3 is 10.2 Å². The highest BCUT2D eigenvalue weighted by Crippen LogP contribution is 2.19. The van der Waals surface area contributed by atoms with Gasteiger partial charge in [0.15, 0.2) is 0 Å². The maximum absolute atomic E-state index is 11.4. The molecule has 7 nitrogen and oxygen atoms in total. The van der Waals surface area contributed by atoms with E-state index in [9.17, 15) is 19.2 Å². The number of rotatable bonds is 5. The number of hydroxylamine groups is 2. The number of hydrogen-bond acceptors (Lipinski definition) is 5. The number of carbonyl (C=O) groups is 4. The molecule has 3 amide bonds. The number of hydrogen-bond donors (Lipinski definition) is 1. The lowest BCUT2D eigenvalue weighted by Gasteiger charge is -2.12. The van der Waals surface area contributed by atoms with E-state index in [1.807, 2.05) is 0 Å². The molecule has 1 aliphatic heterocycles. The van der Waals surface area contributed by atoms with Gasteiger partial charge in [-0.05, 0) is 6.42 Å². The van der Waals surface area contributed by atoms with Crippen LogP contribution in [0.1, 0.15) is 32.6 Å². The summed E-state index contributed by atoms with van der Waals surface area (Å²) in [6.07, 6.45) is 0.553. The molecular formula is C11H16N2O5. The summed E-state index contributed by atoms with van der Waals surface area (Å²) in [6.45, 7) is 1.60. The molecule has 1 aliphatic rings. The van der Waals surface area contributed by atoms with Gasteiger partial charge >= 0.3 is 5.97 Å². The molecule has 0 aromatic carbocycles. The highest BCUT2D eigenvalue weighted by Gasteiger charge is 2.38. The van der Waals surface area contributed by atoms with Crippen molar-refractivity contribution in [3.63, 3.8) is 0 Å². The Hall–Kier alpha value is -1.92. The molecule has 100 valence electrons. The fourth-order valence-corrected chi connectivity index (χ4v) is 1.52. The van der Waals surface area contributed by atoms with Crippen molar-refractivity contribution < 1.29 is 24.0 Å². The van der Waals surface area contributed by atoms with Crippen LogP contribution in [0.4, 0.5) is 0 Å². The van der Waals surface area contributed by atoms with Crippen LogP contribution < -0.4 is 5.32 Å². The van der Waals surface area contributed by atoms with Crippen LogP contribution in [0.3, 0.4) is 0 Å². The number of nitrogens with one attached hydrogen (secondary N) is 1. The Morgan fingerprint density at radius 3 is 2.56 bits per heavy atom. The number of imide groups is 1. The van der Waals surface area contributed by atoms with Crippen molar-refractivity contribution in [3.8, 4) is 0 Å². The number of amides is 3. The third-order valence-corrected chi connectivity index (χ3v) is 2.59. The molecule has 1 fully saturated rings. The minimum atomic E-state index is -0.685. The summed E-state index contributed by atoms with van der Waals surface area (Å²) < 4.78 is 0. The second-order valence-electron chi connectivity index (χ2n) is 4.12. The van der Waals surface area contributed by atoms with E-state index in [-0.39, 0.29) is 25.2 Å². The van der Waals surface area contributed by atoms with Crippen LogP contribution in [0.5, 0.6) is 0 Å². The van der Waals surface area contributed by atoms with Gasteiger partial charge in [0.2, 0.25) is 5.91 Å². The maximum Gasteiger partial charge on any atom is 0.333 e. The Labute approximate surface area is 104 Å². The summed E-state index contributed by atoms with van der Waals surface area (Å²) in [4.78, 5) is 49.7. The Bertz CT molecular complexity index is 380. The van der Waals surface area contributed by atoms with Crippen molar-refractivity contribution in [2.24, 2.45) is 5.92 Å². The van der Waals surface area contributed by atoms with Gasteiger partial charge in [0.25, 0.3) is 11.8 Å². The molecule has 7 heteroatoms. The monoisotopic (exact) mass is 256 g/mol. The Kier molecular flexibility index (Phi) is 4.82. The van der Waals surface area contributed by atoms with Crippen LogP contribution in [0.25, 0.3) is 0 Å². The summed E-state index contributed by atoms with van der Waals surface area (Å²) in [5, 5.41) is 2.94. The van der Waals surface area contributed by atoms with Crippen molar-refractivity contribution in [2.75, 3.05) is 7.05 Å². The van der Waals surface area contributed by atoms with E-state index in [2.05, 4.69) is 10.2 Å². The van der Waals surface area contributed by atoms with Crippen LogP contribution >= 0.6 is 0 Å². The topological polar surface area (TPSA) is 92.8 Å². The minimum absolute atomic E-state index is 0.0150. The zero-order chi connectivity index (χ0) is 13.7. The van der Waals surface area contributed by atoms with E-state index < -0.39 is 23.7 Å². The molecule has 0 aliphatic carbocycles. The minimum Gasteiger partial charge on any atom is -0.359 e. The molecule has 1 saturated heterocycles. The van der Waals surface area contributed by atoms with Gasteiger partial charge in [0.1, 0.15) is 0 Å². The van der Waals surface area contributed by atoms with Gasteiger partial charge in [-0.15, -0.1) is 5.06 Å². The molecule has 0 spiro atoms. The smallest absolute Gasteiger partial charge is 0.333 e. The number of carbonyl (C=O) groups excluding carboxylic acids is 4. The van der Waals surface area contributed by atoms with Gasteiger partial charge in [-0.25, -0.2) is 4.79 Å². The van der Waals surface area contributed by atoms with E-state index in [1.54, 1.807) is 6.92 Å². The Morgan fingerprint density at radius 1 is 1.39 bits per heavy atom. The standard InChI is InChI=1S/C11H16N2O5/c1-7-6-9(15)13(11(7)17)18-10(16)5-3-4-8(14)12-2/h7H,3-6H2,1-2H3,(H,12,14). The molecule has 18 heavy (non-hydrogen) atoms. The van der Waals surface area contributed by atoms with Gasteiger partial charge in [0.05, 0.1) is 0 Å². The fourth-order valence-electron chi connectivity index (χ4n) is 1.52. The highest BCUT2D eigenvalue weighted by atomic mass is 16.7. The molecule has 1 atom stereocenters. The summed E-state index contributed by atoms with van der Waals surface area (Å²) in [5.74, 6) is -2.32. The van der Waals surface area contributed by atoms with Crippen LogP contribution in [-0.2, 0) is 24.0 Å². The lowest BCUT2D eigenvalue weighted by Crippen LogP contribution is -2.33. The second-order valence-corrected chi connectivity index (χ2v) is 4.12. The Balaban J connectivity index is 2.34. The molecule has 1 N–H and O–H groups in total. The van der Waals surface area contributed by atoms with Crippen LogP contribution in [0, 0.1) is 5.92 Å². The first-order chi connectivity index (χ1) is 8.45. The van der Waals surface area contributed by atoms with Crippen LogP contribution in [0.2, 0.25) is 0 Å². The SMILES string of the molecule is CNC(=O)CCCC(=O)ON1C(=O)CC(C)C1=O. The summed E-state index contributed by atoms with van der Waals surface area (Å²) in [7, 11) is 1.50. The predicted octanol–water partition coefficient (Wildman–Crippen LogP) is -0.244. The van der Waals surface area contributed by atoms with E-state index >= 15 is 0 Å². The summed E-state index contributed by atoms with van der Waals surface area (Å²) in [5.41, 5.74) is 0. The van der Waals surface area contributed by atoms with Gasteiger partial charge in [0, 0.05) is 32.2 Å². The zero-order valence-electron chi connectivity index (χ0n) is 10.4. The van der Waals surface area contributed by atoms with Crippen molar-refractivity contribution in [2.45, 2.75) is 32.6 Å². The van der Waals surface area contributed by atoms with Crippen molar-refractivity contribution in [3.05, 3.63) is 0 Å². The van der Waals surface area contributed by atoms with E-state index in [0.29, 0.717) is 11.5 Å². The first-order valence-corrected chi connectivity index (χ1v) is 5.74. The average Bonchev–Trinajstić information content (AvgIpc) is 2.56. The first kappa shape index (κ1) is 14.1. The van der Waals surface area contributed by atoms with Crippen LogP contribution in [-0.4, -0.2) is 35.8 Å². The quantitative estimate of drug-likeness (QED) is 0.685. The predicted molar refractivity (Wildman–Crippen MR) is 59.6 cm³/mol. The summed E-state index contributed by atoms with van der Waals surface area (Å²) >= 11 is 0. The number of nitrogens with zero attached hydrogens (tertiary/aromatic N) is 1. The highest BCUT2D eigenvalue weighted by molar-refractivity contribution is 6.02. The van der Waals surface area contributed by atoms with Gasteiger partial charge in [-0.2, -0.15) is 0 Å². The lowest BCUT2D eigenvalue weighted by atomic mass is 10.1. The largest absolute Gasteiger partial charge is 0.359 e. The second kappa shape index (κ2) is 6.13. The van der Waals surface area contributed by atoms with E-state index in [0.717, 1.165) is 0 Å². The molecule has 1 rings (SSSR count). The average molecular weight is 256 g/mol.